The Hall–Kier alpha value is -0.900. The number of imide groups is 1. The Kier molecular flexibility index (Phi) is 2.34. The van der Waals surface area contributed by atoms with E-state index in [9.17, 15) is 9.59 Å². The van der Waals surface area contributed by atoms with Crippen molar-refractivity contribution in [2.24, 2.45) is 23.5 Å². The topological polar surface area (TPSA) is 63.4 Å². The third-order valence-electron chi connectivity index (χ3n) is 5.08. The van der Waals surface area contributed by atoms with E-state index in [1.54, 1.807) is 4.90 Å². The standard InChI is InChI=1S/C13H20N2O2/c1-8-4-2-3-5-13(8,7-14)15-11(16)9-6-10(9)12(15)17/h8-10H,2-7,14H2,1H3. The molecule has 1 saturated heterocycles. The lowest BCUT2D eigenvalue weighted by molar-refractivity contribution is -0.152. The van der Waals surface area contributed by atoms with Crippen LogP contribution in [0.3, 0.4) is 0 Å². The molecule has 4 heteroatoms. The van der Waals surface area contributed by atoms with Crippen molar-refractivity contribution in [1.82, 2.24) is 4.90 Å². The van der Waals surface area contributed by atoms with Crippen molar-refractivity contribution in [3.05, 3.63) is 0 Å². The fourth-order valence-corrected chi connectivity index (χ4v) is 3.74. The van der Waals surface area contributed by atoms with E-state index in [1.165, 1.54) is 6.42 Å². The van der Waals surface area contributed by atoms with Crippen LogP contribution in [0.4, 0.5) is 0 Å². The van der Waals surface area contributed by atoms with Crippen LogP contribution in [0, 0.1) is 17.8 Å². The minimum Gasteiger partial charge on any atom is -0.328 e. The lowest BCUT2D eigenvalue weighted by atomic mass is 9.72. The second kappa shape index (κ2) is 3.55. The van der Waals surface area contributed by atoms with Gasteiger partial charge in [0.15, 0.2) is 0 Å². The molecular weight excluding hydrogens is 216 g/mol. The van der Waals surface area contributed by atoms with Gasteiger partial charge in [-0.15, -0.1) is 0 Å². The average molecular weight is 236 g/mol. The summed E-state index contributed by atoms with van der Waals surface area (Å²) < 4.78 is 0. The number of hydrogen-bond acceptors (Lipinski definition) is 3. The summed E-state index contributed by atoms with van der Waals surface area (Å²) in [5, 5.41) is 0. The van der Waals surface area contributed by atoms with Gasteiger partial charge in [0.2, 0.25) is 11.8 Å². The minimum absolute atomic E-state index is 0.0000477. The second-order valence-electron chi connectivity index (χ2n) is 5.92. The van der Waals surface area contributed by atoms with E-state index in [0.717, 1.165) is 25.7 Å². The van der Waals surface area contributed by atoms with Gasteiger partial charge in [0.25, 0.3) is 0 Å². The van der Waals surface area contributed by atoms with Crippen molar-refractivity contribution >= 4 is 11.8 Å². The molecular formula is C13H20N2O2. The van der Waals surface area contributed by atoms with Crippen LogP contribution in [-0.2, 0) is 9.59 Å². The Balaban J connectivity index is 1.94. The average Bonchev–Trinajstić information content (AvgIpc) is 3.07. The summed E-state index contributed by atoms with van der Waals surface area (Å²) in [4.78, 5) is 26.0. The van der Waals surface area contributed by atoms with Crippen LogP contribution in [0.25, 0.3) is 0 Å². The molecule has 2 aliphatic carbocycles. The molecule has 94 valence electrons. The highest BCUT2D eigenvalue weighted by atomic mass is 16.2. The molecule has 0 aromatic heterocycles. The molecule has 4 unspecified atom stereocenters. The summed E-state index contributed by atoms with van der Waals surface area (Å²) in [6.45, 7) is 2.56. The normalized spacial score (nSPS) is 45.1. The van der Waals surface area contributed by atoms with Crippen molar-refractivity contribution < 1.29 is 9.59 Å². The lowest BCUT2D eigenvalue weighted by Crippen LogP contribution is -2.62. The third-order valence-corrected chi connectivity index (χ3v) is 5.08. The van der Waals surface area contributed by atoms with Gasteiger partial charge in [-0.3, -0.25) is 14.5 Å². The summed E-state index contributed by atoms with van der Waals surface area (Å²) in [6, 6.07) is 0. The highest BCUT2D eigenvalue weighted by molar-refractivity contribution is 6.09. The first-order chi connectivity index (χ1) is 8.12. The highest BCUT2D eigenvalue weighted by Crippen LogP contribution is 2.52. The largest absolute Gasteiger partial charge is 0.328 e. The van der Waals surface area contributed by atoms with Gasteiger partial charge in [-0.05, 0) is 25.2 Å². The summed E-state index contributed by atoms with van der Waals surface area (Å²) in [7, 11) is 0. The van der Waals surface area contributed by atoms with Crippen LogP contribution in [0.2, 0.25) is 0 Å². The van der Waals surface area contributed by atoms with E-state index in [1.807, 2.05) is 0 Å². The van der Waals surface area contributed by atoms with E-state index in [2.05, 4.69) is 6.92 Å². The molecule has 1 aliphatic heterocycles. The number of nitrogens with two attached hydrogens (primary N) is 1. The third kappa shape index (κ3) is 1.33. The first kappa shape index (κ1) is 11.2. The number of rotatable bonds is 2. The van der Waals surface area contributed by atoms with Gasteiger partial charge >= 0.3 is 0 Å². The van der Waals surface area contributed by atoms with Gasteiger partial charge < -0.3 is 5.73 Å². The molecule has 1 heterocycles. The van der Waals surface area contributed by atoms with Crippen molar-refractivity contribution in [2.75, 3.05) is 6.54 Å². The maximum atomic E-state index is 12.2. The molecule has 2 saturated carbocycles. The molecule has 2 N–H and O–H groups in total. The quantitative estimate of drug-likeness (QED) is 0.724. The molecule has 0 spiro atoms. The molecule has 0 bridgehead atoms. The number of fused-ring (bicyclic) bond motifs is 1. The molecule has 2 amide bonds. The Labute approximate surface area is 102 Å². The maximum absolute atomic E-state index is 12.2. The molecule has 3 aliphatic rings. The van der Waals surface area contributed by atoms with Crippen LogP contribution >= 0.6 is 0 Å². The Morgan fingerprint density at radius 3 is 2.47 bits per heavy atom. The Morgan fingerprint density at radius 1 is 1.29 bits per heavy atom. The number of likely N-dealkylation sites (tertiary alicyclic amines) is 1. The van der Waals surface area contributed by atoms with Gasteiger partial charge in [0.1, 0.15) is 0 Å². The number of hydrogen-bond donors (Lipinski definition) is 1. The zero-order valence-corrected chi connectivity index (χ0v) is 10.3. The molecule has 0 radical (unpaired) electrons. The van der Waals surface area contributed by atoms with E-state index in [4.69, 9.17) is 5.73 Å². The van der Waals surface area contributed by atoms with Crippen molar-refractivity contribution in [2.45, 2.75) is 44.6 Å². The van der Waals surface area contributed by atoms with Gasteiger partial charge in [0.05, 0.1) is 17.4 Å². The van der Waals surface area contributed by atoms with Gasteiger partial charge in [-0.2, -0.15) is 0 Å². The maximum Gasteiger partial charge on any atom is 0.233 e. The molecule has 17 heavy (non-hydrogen) atoms. The zero-order valence-electron chi connectivity index (χ0n) is 10.3. The number of piperidine rings is 1. The van der Waals surface area contributed by atoms with Crippen molar-refractivity contribution in [3.8, 4) is 0 Å². The number of carbonyl (C=O) groups excluding carboxylic acids is 2. The first-order valence-corrected chi connectivity index (χ1v) is 6.70. The number of carbonyl (C=O) groups is 2. The molecule has 0 aromatic carbocycles. The lowest BCUT2D eigenvalue weighted by Gasteiger charge is -2.47. The summed E-state index contributed by atoms with van der Waals surface area (Å²) in [6.07, 6.45) is 5.01. The summed E-state index contributed by atoms with van der Waals surface area (Å²) >= 11 is 0. The van der Waals surface area contributed by atoms with Gasteiger partial charge in [-0.25, -0.2) is 0 Å². The smallest absolute Gasteiger partial charge is 0.233 e. The predicted molar refractivity (Wildman–Crippen MR) is 62.9 cm³/mol. The van der Waals surface area contributed by atoms with E-state index >= 15 is 0 Å². The van der Waals surface area contributed by atoms with E-state index < -0.39 is 0 Å². The van der Waals surface area contributed by atoms with Crippen LogP contribution in [0.15, 0.2) is 0 Å². The summed E-state index contributed by atoms with van der Waals surface area (Å²) in [5.41, 5.74) is 5.57. The van der Waals surface area contributed by atoms with Gasteiger partial charge in [-0.1, -0.05) is 19.8 Å². The van der Waals surface area contributed by atoms with Crippen LogP contribution in [0.5, 0.6) is 0 Å². The number of amides is 2. The Morgan fingerprint density at radius 2 is 1.94 bits per heavy atom. The minimum atomic E-state index is -0.375. The van der Waals surface area contributed by atoms with E-state index in [-0.39, 0.29) is 29.2 Å². The highest BCUT2D eigenvalue weighted by Gasteiger charge is 2.64. The fraction of sp³-hybridized carbons (Fsp3) is 0.846. The molecule has 3 rings (SSSR count). The summed E-state index contributed by atoms with van der Waals surface area (Å²) in [5.74, 6) is 0.449. The molecule has 3 fully saturated rings. The molecule has 0 aromatic rings. The van der Waals surface area contributed by atoms with Gasteiger partial charge in [0, 0.05) is 6.54 Å². The monoisotopic (exact) mass is 236 g/mol. The predicted octanol–water partition coefficient (Wildman–Crippen LogP) is 0.899. The zero-order chi connectivity index (χ0) is 12.2. The van der Waals surface area contributed by atoms with E-state index in [0.29, 0.717) is 12.5 Å². The fourth-order valence-electron chi connectivity index (χ4n) is 3.74. The number of nitrogens with zero attached hydrogens (tertiary/aromatic N) is 1. The second-order valence-corrected chi connectivity index (χ2v) is 5.92. The van der Waals surface area contributed by atoms with Crippen LogP contribution in [-0.4, -0.2) is 28.8 Å². The van der Waals surface area contributed by atoms with Crippen molar-refractivity contribution in [1.29, 1.82) is 0 Å². The van der Waals surface area contributed by atoms with Crippen molar-refractivity contribution in [3.63, 3.8) is 0 Å². The Bertz CT molecular complexity index is 362. The van der Waals surface area contributed by atoms with Crippen LogP contribution < -0.4 is 5.73 Å². The molecule has 4 nitrogen and oxygen atoms in total. The first-order valence-electron chi connectivity index (χ1n) is 6.70. The SMILES string of the molecule is CC1CCCCC1(CN)N1C(=O)C2CC2C1=O. The van der Waals surface area contributed by atoms with Crippen LogP contribution in [0.1, 0.15) is 39.0 Å². The molecule has 4 atom stereocenters.